The third-order valence-electron chi connectivity index (χ3n) is 6.47. The van der Waals surface area contributed by atoms with Crippen molar-refractivity contribution in [2.45, 2.75) is 32.2 Å². The first-order valence-electron chi connectivity index (χ1n) is 12.4. The third kappa shape index (κ3) is 6.66. The summed E-state index contributed by atoms with van der Waals surface area (Å²) in [6, 6.07) is 19.8. The average molecular weight is 511 g/mol. The molecule has 2 unspecified atom stereocenters. The van der Waals surface area contributed by atoms with Gasteiger partial charge in [0, 0.05) is 22.6 Å². The van der Waals surface area contributed by atoms with Gasteiger partial charge in [-0.3, -0.25) is 9.79 Å². The van der Waals surface area contributed by atoms with E-state index >= 15 is 0 Å². The van der Waals surface area contributed by atoms with Gasteiger partial charge in [0.05, 0.1) is 11.4 Å². The molecular weight excluding hydrogens is 480 g/mol. The van der Waals surface area contributed by atoms with Gasteiger partial charge < -0.3 is 10.4 Å². The molecule has 0 saturated heterocycles. The van der Waals surface area contributed by atoms with E-state index in [0.29, 0.717) is 22.8 Å². The van der Waals surface area contributed by atoms with Crippen LogP contribution in [0, 0.1) is 5.92 Å². The SMILES string of the molecule is C=CC(/C=C\C=C/C)CCc1ccccc1CC1N=C(c2ccc(O)cc2)c2cc(Cl)ccc2NC1=O. The first-order chi connectivity index (χ1) is 18.0. The molecular formula is C32H31ClN2O2. The highest BCUT2D eigenvalue weighted by Gasteiger charge is 2.27. The van der Waals surface area contributed by atoms with Crippen LogP contribution in [0.15, 0.2) is 109 Å². The number of allylic oxidation sites excluding steroid dienone is 5. The number of carbonyl (C=O) groups excluding carboxylic acids is 1. The summed E-state index contributed by atoms with van der Waals surface area (Å²) >= 11 is 6.32. The molecule has 0 fully saturated rings. The molecule has 0 aromatic heterocycles. The molecule has 5 heteroatoms. The zero-order chi connectivity index (χ0) is 26.2. The third-order valence-corrected chi connectivity index (χ3v) is 6.70. The van der Waals surface area contributed by atoms with Crippen molar-refractivity contribution in [2.24, 2.45) is 10.9 Å². The largest absolute Gasteiger partial charge is 0.508 e. The van der Waals surface area contributed by atoms with Crippen LogP contribution in [0.5, 0.6) is 5.75 Å². The summed E-state index contributed by atoms with van der Waals surface area (Å²) in [5.41, 5.74) is 5.19. The number of phenols is 1. The highest BCUT2D eigenvalue weighted by atomic mass is 35.5. The zero-order valence-electron chi connectivity index (χ0n) is 20.9. The van der Waals surface area contributed by atoms with Crippen molar-refractivity contribution in [3.63, 3.8) is 0 Å². The van der Waals surface area contributed by atoms with E-state index in [0.717, 1.165) is 29.5 Å². The Kier molecular flexibility index (Phi) is 8.76. The fourth-order valence-corrected chi connectivity index (χ4v) is 4.62. The maximum atomic E-state index is 13.3. The predicted molar refractivity (Wildman–Crippen MR) is 154 cm³/mol. The lowest BCUT2D eigenvalue weighted by molar-refractivity contribution is -0.117. The fourth-order valence-electron chi connectivity index (χ4n) is 4.45. The molecule has 1 aliphatic rings. The van der Waals surface area contributed by atoms with Crippen molar-refractivity contribution >= 4 is 28.9 Å². The lowest BCUT2D eigenvalue weighted by atomic mass is 9.93. The number of anilines is 1. The van der Waals surface area contributed by atoms with Gasteiger partial charge in [-0.2, -0.15) is 0 Å². The Bertz CT molecular complexity index is 1360. The summed E-state index contributed by atoms with van der Waals surface area (Å²) in [4.78, 5) is 18.3. The van der Waals surface area contributed by atoms with Crippen molar-refractivity contribution in [1.29, 1.82) is 0 Å². The molecule has 4 nitrogen and oxygen atoms in total. The minimum absolute atomic E-state index is 0.162. The standard InChI is InChI=1S/C32H31ClN2O2/c1-3-5-6-9-22(4-2)12-13-23-10-7-8-11-25(23)20-30-32(37)35-29-19-16-26(33)21-28(29)31(34-30)24-14-17-27(36)18-15-24/h3-11,14-19,21-22,30,36H,2,12-13,20H2,1H3,(H,35,37)/b5-3-,9-6-. The van der Waals surface area contributed by atoms with Gasteiger partial charge in [-0.15, -0.1) is 6.58 Å². The molecule has 2 atom stereocenters. The Morgan fingerprint density at radius 2 is 1.84 bits per heavy atom. The number of aromatic hydroxyl groups is 1. The van der Waals surface area contributed by atoms with Crippen molar-refractivity contribution in [3.8, 4) is 5.75 Å². The first-order valence-corrected chi connectivity index (χ1v) is 12.8. The van der Waals surface area contributed by atoms with Crippen LogP contribution in [0.25, 0.3) is 0 Å². The van der Waals surface area contributed by atoms with Crippen LogP contribution in [-0.4, -0.2) is 22.8 Å². The smallest absolute Gasteiger partial charge is 0.249 e. The maximum Gasteiger partial charge on any atom is 0.249 e. The molecule has 188 valence electrons. The Balaban J connectivity index is 1.65. The molecule has 1 heterocycles. The number of amides is 1. The highest BCUT2D eigenvalue weighted by molar-refractivity contribution is 6.32. The Hall–Kier alpha value is -3.89. The number of benzodiazepines with no additional fused rings is 1. The van der Waals surface area contributed by atoms with E-state index in [1.54, 1.807) is 36.4 Å². The Morgan fingerprint density at radius 1 is 1.08 bits per heavy atom. The number of benzene rings is 3. The van der Waals surface area contributed by atoms with Crippen LogP contribution >= 0.6 is 11.6 Å². The van der Waals surface area contributed by atoms with Crippen LogP contribution in [0.2, 0.25) is 5.02 Å². The second-order valence-electron chi connectivity index (χ2n) is 9.04. The molecule has 0 aliphatic carbocycles. The molecule has 0 spiro atoms. The molecule has 3 aromatic carbocycles. The van der Waals surface area contributed by atoms with Crippen LogP contribution in [0.4, 0.5) is 5.69 Å². The van der Waals surface area contributed by atoms with E-state index in [4.69, 9.17) is 16.6 Å². The Morgan fingerprint density at radius 3 is 2.57 bits per heavy atom. The maximum absolute atomic E-state index is 13.3. The Labute approximate surface area is 223 Å². The molecule has 4 rings (SSSR count). The summed E-state index contributed by atoms with van der Waals surface area (Å²) < 4.78 is 0. The molecule has 1 amide bonds. The number of nitrogens with zero attached hydrogens (tertiary/aromatic N) is 1. The van der Waals surface area contributed by atoms with Gasteiger partial charge in [-0.1, -0.05) is 66.2 Å². The second-order valence-corrected chi connectivity index (χ2v) is 9.48. The van der Waals surface area contributed by atoms with Gasteiger partial charge in [0.25, 0.3) is 0 Å². The van der Waals surface area contributed by atoms with Crippen molar-refractivity contribution in [2.75, 3.05) is 5.32 Å². The molecule has 0 bridgehead atoms. The van der Waals surface area contributed by atoms with E-state index < -0.39 is 6.04 Å². The number of halogens is 1. The minimum Gasteiger partial charge on any atom is -0.508 e. The number of hydrogen-bond acceptors (Lipinski definition) is 3. The number of nitrogens with one attached hydrogen (secondary N) is 1. The molecule has 37 heavy (non-hydrogen) atoms. The van der Waals surface area contributed by atoms with Gasteiger partial charge in [0.15, 0.2) is 0 Å². The van der Waals surface area contributed by atoms with Crippen molar-refractivity contribution < 1.29 is 9.90 Å². The predicted octanol–water partition coefficient (Wildman–Crippen LogP) is 7.31. The van der Waals surface area contributed by atoms with Gasteiger partial charge in [0.2, 0.25) is 5.91 Å². The lowest BCUT2D eigenvalue weighted by Gasteiger charge is -2.16. The second kappa shape index (κ2) is 12.4. The number of rotatable bonds is 9. The summed E-state index contributed by atoms with van der Waals surface area (Å²) in [6.07, 6.45) is 12.5. The molecule has 3 aromatic rings. The van der Waals surface area contributed by atoms with Gasteiger partial charge in [-0.05, 0) is 79.3 Å². The quantitative estimate of drug-likeness (QED) is 0.234. The van der Waals surface area contributed by atoms with Gasteiger partial charge >= 0.3 is 0 Å². The molecule has 0 saturated carbocycles. The molecule has 0 radical (unpaired) electrons. The average Bonchev–Trinajstić information content (AvgIpc) is 3.03. The van der Waals surface area contributed by atoms with Crippen LogP contribution < -0.4 is 5.32 Å². The fraction of sp³-hybridized carbons (Fsp3) is 0.188. The summed E-state index contributed by atoms with van der Waals surface area (Å²) in [7, 11) is 0. The van der Waals surface area contributed by atoms with E-state index in [1.807, 2.05) is 43.4 Å². The summed E-state index contributed by atoms with van der Waals surface area (Å²) in [5, 5.41) is 13.4. The normalized spacial score (nSPS) is 16.2. The van der Waals surface area contributed by atoms with Crippen LogP contribution in [0.1, 0.15) is 35.6 Å². The number of aliphatic imine (C=N–C) groups is 1. The van der Waals surface area contributed by atoms with E-state index in [-0.39, 0.29) is 17.6 Å². The number of phenolic OH excluding ortho intramolecular Hbond substituents is 1. The van der Waals surface area contributed by atoms with E-state index in [2.05, 4.69) is 36.2 Å². The van der Waals surface area contributed by atoms with Crippen molar-refractivity contribution in [1.82, 2.24) is 0 Å². The number of fused-ring (bicyclic) bond motifs is 1. The highest BCUT2D eigenvalue weighted by Crippen LogP contribution is 2.29. The molecule has 2 N–H and O–H groups in total. The van der Waals surface area contributed by atoms with E-state index in [9.17, 15) is 9.90 Å². The van der Waals surface area contributed by atoms with Gasteiger partial charge in [0.1, 0.15) is 11.8 Å². The number of hydrogen-bond donors (Lipinski definition) is 2. The molecule has 1 aliphatic heterocycles. The van der Waals surface area contributed by atoms with E-state index in [1.165, 1.54) is 5.56 Å². The van der Waals surface area contributed by atoms with Crippen molar-refractivity contribution in [3.05, 3.63) is 131 Å². The number of carbonyl (C=O) groups is 1. The minimum atomic E-state index is -0.624. The zero-order valence-corrected chi connectivity index (χ0v) is 21.7. The first kappa shape index (κ1) is 26.2. The van der Waals surface area contributed by atoms with Gasteiger partial charge in [-0.25, -0.2) is 0 Å². The topological polar surface area (TPSA) is 61.7 Å². The van der Waals surface area contributed by atoms with Crippen LogP contribution in [-0.2, 0) is 17.6 Å². The monoisotopic (exact) mass is 510 g/mol. The van der Waals surface area contributed by atoms with Crippen LogP contribution in [0.3, 0.4) is 0 Å². The number of aryl methyl sites for hydroxylation is 1. The summed E-state index contributed by atoms with van der Waals surface area (Å²) in [6.45, 7) is 5.98. The summed E-state index contributed by atoms with van der Waals surface area (Å²) in [5.74, 6) is 0.275. The lowest BCUT2D eigenvalue weighted by Crippen LogP contribution is -2.28.